The molecule has 2 unspecified atom stereocenters. The average molecular weight is 390 g/mol. The van der Waals surface area contributed by atoms with Gasteiger partial charge in [0.15, 0.2) is 0 Å². The van der Waals surface area contributed by atoms with Gasteiger partial charge in [-0.05, 0) is 49.6 Å². The van der Waals surface area contributed by atoms with Crippen molar-refractivity contribution in [1.82, 2.24) is 5.32 Å². The van der Waals surface area contributed by atoms with E-state index in [4.69, 9.17) is 4.74 Å². The van der Waals surface area contributed by atoms with Gasteiger partial charge in [0.25, 0.3) is 0 Å². The summed E-state index contributed by atoms with van der Waals surface area (Å²) in [5.41, 5.74) is 2.22. The molecule has 2 aromatic rings. The Labute approximate surface area is 164 Å². The Morgan fingerprint density at radius 2 is 2.00 bits per heavy atom. The number of ether oxygens (including phenoxy) is 1. The minimum atomic E-state index is 0.353. The van der Waals surface area contributed by atoms with Crippen molar-refractivity contribution in [1.29, 1.82) is 0 Å². The quantitative estimate of drug-likeness (QED) is 0.689. The molecule has 140 valence electrons. The summed E-state index contributed by atoms with van der Waals surface area (Å²) >= 11 is 3.61. The van der Waals surface area contributed by atoms with Crippen LogP contribution in [0.25, 0.3) is 0 Å². The summed E-state index contributed by atoms with van der Waals surface area (Å²) in [7, 11) is 0. The zero-order valence-electron chi connectivity index (χ0n) is 15.6. The molecule has 0 radical (unpaired) electrons. The summed E-state index contributed by atoms with van der Waals surface area (Å²) in [6.45, 7) is 7.98. The van der Waals surface area contributed by atoms with Crippen molar-refractivity contribution in [2.75, 3.05) is 24.7 Å². The minimum absolute atomic E-state index is 0.353. The third-order valence-electron chi connectivity index (χ3n) is 4.52. The lowest BCUT2D eigenvalue weighted by atomic mass is 10.2. The second-order valence-corrected chi connectivity index (χ2v) is 9.06. The summed E-state index contributed by atoms with van der Waals surface area (Å²) < 4.78 is 6.01. The Kier molecular flexibility index (Phi) is 6.79. The van der Waals surface area contributed by atoms with Gasteiger partial charge in [0.1, 0.15) is 18.1 Å². The number of fused-ring (bicyclic) bond motifs is 1. The molecule has 0 aromatic heterocycles. The van der Waals surface area contributed by atoms with E-state index in [2.05, 4.69) is 37.4 Å². The van der Waals surface area contributed by atoms with E-state index in [-0.39, 0.29) is 0 Å². The monoisotopic (exact) mass is 389 g/mol. The normalized spacial score (nSPS) is 17.9. The minimum Gasteiger partial charge on any atom is -0.507 e. The molecule has 3 rings (SSSR count). The highest BCUT2D eigenvalue weighted by Gasteiger charge is 2.19. The Morgan fingerprint density at radius 1 is 1.23 bits per heavy atom. The maximum Gasteiger partial charge on any atom is 0.133 e. The van der Waals surface area contributed by atoms with Crippen molar-refractivity contribution in [3.63, 3.8) is 0 Å². The van der Waals surface area contributed by atoms with Gasteiger partial charge in [0.05, 0.1) is 10.9 Å². The van der Waals surface area contributed by atoms with E-state index in [0.717, 1.165) is 34.3 Å². The molecule has 0 bridgehead atoms. The van der Waals surface area contributed by atoms with Crippen molar-refractivity contribution >= 4 is 23.5 Å². The van der Waals surface area contributed by atoms with Gasteiger partial charge in [-0.2, -0.15) is 0 Å². The van der Waals surface area contributed by atoms with Gasteiger partial charge in [0.2, 0.25) is 0 Å². The van der Waals surface area contributed by atoms with Crippen LogP contribution in [0.2, 0.25) is 0 Å². The number of aromatic hydroxyl groups is 1. The first-order chi connectivity index (χ1) is 12.5. The topological polar surface area (TPSA) is 41.5 Å². The van der Waals surface area contributed by atoms with Crippen LogP contribution in [0.3, 0.4) is 0 Å². The number of phenols is 1. The molecule has 1 heterocycles. The number of rotatable bonds is 6. The van der Waals surface area contributed by atoms with Crippen LogP contribution in [0, 0.1) is 19.8 Å². The number of phenolic OH excluding ortho intramolecular Hbond substituents is 1. The fourth-order valence-corrected chi connectivity index (χ4v) is 5.07. The fourth-order valence-electron chi connectivity index (χ4n) is 2.87. The lowest BCUT2D eigenvalue weighted by Crippen LogP contribution is -2.39. The van der Waals surface area contributed by atoms with Gasteiger partial charge >= 0.3 is 0 Å². The summed E-state index contributed by atoms with van der Waals surface area (Å²) in [5, 5.41) is 13.8. The first kappa shape index (κ1) is 19.5. The predicted octanol–water partition coefficient (Wildman–Crippen LogP) is 4.88. The lowest BCUT2D eigenvalue weighted by Gasteiger charge is -2.19. The number of hydrogen-bond acceptors (Lipinski definition) is 5. The molecule has 1 aliphatic heterocycles. The van der Waals surface area contributed by atoms with Crippen LogP contribution in [-0.2, 0) is 0 Å². The summed E-state index contributed by atoms with van der Waals surface area (Å²) in [4.78, 5) is 2.24. The molecule has 3 nitrogen and oxygen atoms in total. The van der Waals surface area contributed by atoms with Gasteiger partial charge in [-0.1, -0.05) is 31.2 Å². The second-order valence-electron chi connectivity index (χ2n) is 6.97. The van der Waals surface area contributed by atoms with Crippen LogP contribution in [0.1, 0.15) is 18.1 Å². The first-order valence-electron chi connectivity index (χ1n) is 9.04. The Bertz CT molecular complexity index is 751. The highest BCUT2D eigenvalue weighted by molar-refractivity contribution is 7.99. The molecule has 0 saturated carbocycles. The molecule has 26 heavy (non-hydrogen) atoms. The lowest BCUT2D eigenvalue weighted by molar-refractivity contribution is 0.270. The highest BCUT2D eigenvalue weighted by Crippen LogP contribution is 2.35. The summed E-state index contributed by atoms with van der Waals surface area (Å²) in [6, 6.07) is 12.5. The number of benzene rings is 2. The van der Waals surface area contributed by atoms with Crippen molar-refractivity contribution in [3.8, 4) is 11.5 Å². The highest BCUT2D eigenvalue weighted by atomic mass is 32.2. The van der Waals surface area contributed by atoms with Crippen LogP contribution >= 0.6 is 23.5 Å². The van der Waals surface area contributed by atoms with Gasteiger partial charge in [-0.3, -0.25) is 0 Å². The zero-order valence-corrected chi connectivity index (χ0v) is 17.3. The van der Waals surface area contributed by atoms with Gasteiger partial charge < -0.3 is 15.2 Å². The van der Waals surface area contributed by atoms with Crippen LogP contribution in [-0.4, -0.2) is 35.8 Å². The largest absolute Gasteiger partial charge is 0.507 e. The van der Waals surface area contributed by atoms with E-state index >= 15 is 0 Å². The molecule has 1 aliphatic rings. The van der Waals surface area contributed by atoms with Crippen molar-refractivity contribution in [3.05, 3.63) is 47.5 Å². The number of aryl methyl sites for hydroxylation is 2. The molecule has 0 fully saturated rings. The summed E-state index contributed by atoms with van der Waals surface area (Å²) in [6.07, 6.45) is 0. The van der Waals surface area contributed by atoms with Crippen LogP contribution in [0.4, 0.5) is 0 Å². The van der Waals surface area contributed by atoms with Crippen LogP contribution in [0.5, 0.6) is 11.5 Å². The molecule has 5 heteroatoms. The molecule has 2 N–H and O–H groups in total. The zero-order chi connectivity index (χ0) is 18.5. The van der Waals surface area contributed by atoms with E-state index in [1.54, 1.807) is 11.8 Å². The Balaban J connectivity index is 1.46. The Morgan fingerprint density at radius 3 is 2.85 bits per heavy atom. The number of thioether (sulfide) groups is 2. The second kappa shape index (κ2) is 9.07. The molecule has 2 aromatic carbocycles. The van der Waals surface area contributed by atoms with E-state index < -0.39 is 0 Å². The van der Waals surface area contributed by atoms with Gasteiger partial charge in [-0.25, -0.2) is 0 Å². The van der Waals surface area contributed by atoms with Crippen LogP contribution in [0.15, 0.2) is 46.2 Å². The molecule has 0 amide bonds. The van der Waals surface area contributed by atoms with E-state index in [9.17, 15) is 5.11 Å². The van der Waals surface area contributed by atoms with E-state index in [1.165, 1.54) is 10.5 Å². The van der Waals surface area contributed by atoms with E-state index in [1.807, 2.05) is 36.9 Å². The molecular formula is C21H27NO2S2. The molecule has 0 spiro atoms. The van der Waals surface area contributed by atoms with Gasteiger partial charge in [0, 0.05) is 16.4 Å². The first-order valence-corrected chi connectivity index (χ1v) is 11.0. The SMILES string of the molecule is Cc1cccc(SCC(C)CNC2COc3cccc(C)c3SC2)c1O. The third kappa shape index (κ3) is 4.90. The maximum atomic E-state index is 10.1. The third-order valence-corrected chi connectivity index (χ3v) is 7.28. The average Bonchev–Trinajstić information content (AvgIpc) is 2.85. The number of para-hydroxylation sites is 1. The fraction of sp³-hybridized carbons (Fsp3) is 0.429. The summed E-state index contributed by atoms with van der Waals surface area (Å²) in [5.74, 6) is 3.94. The molecule has 2 atom stereocenters. The van der Waals surface area contributed by atoms with Crippen LogP contribution < -0.4 is 10.1 Å². The predicted molar refractivity (Wildman–Crippen MR) is 112 cm³/mol. The molecule has 0 saturated heterocycles. The smallest absolute Gasteiger partial charge is 0.133 e. The standard InChI is InChI=1S/C21H27NO2S2/c1-14(12-25-19-9-5-6-15(2)20(19)23)10-22-17-11-24-18-8-4-7-16(3)21(18)26-13-17/h4-9,14,17,22-23H,10-13H2,1-3H3. The number of hydrogen-bond donors (Lipinski definition) is 2. The van der Waals surface area contributed by atoms with E-state index in [0.29, 0.717) is 24.3 Å². The molecular weight excluding hydrogens is 362 g/mol. The Hall–Kier alpha value is -1.30. The van der Waals surface area contributed by atoms with Crippen molar-refractivity contribution < 1.29 is 9.84 Å². The van der Waals surface area contributed by atoms with Crippen molar-refractivity contribution in [2.45, 2.75) is 36.6 Å². The maximum absolute atomic E-state index is 10.1. The number of nitrogens with one attached hydrogen (secondary N) is 1. The van der Waals surface area contributed by atoms with Gasteiger partial charge in [-0.15, -0.1) is 23.5 Å². The van der Waals surface area contributed by atoms with Crippen molar-refractivity contribution in [2.24, 2.45) is 5.92 Å². The molecule has 0 aliphatic carbocycles.